The van der Waals surface area contributed by atoms with Crippen LogP contribution in [0.15, 0.2) is 0 Å². The SMILES string of the molecule is NC(=O)OC1CCCC(OC(N)=O)CCC1. The van der Waals surface area contributed by atoms with Crippen molar-refractivity contribution in [2.75, 3.05) is 0 Å². The molecule has 0 aromatic carbocycles. The van der Waals surface area contributed by atoms with Gasteiger partial charge in [-0.2, -0.15) is 0 Å². The largest absolute Gasteiger partial charge is 0.446 e. The molecule has 16 heavy (non-hydrogen) atoms. The monoisotopic (exact) mass is 230 g/mol. The molecule has 0 radical (unpaired) electrons. The molecule has 6 heteroatoms. The Morgan fingerprint density at radius 1 is 0.812 bits per heavy atom. The Hall–Kier alpha value is -1.46. The van der Waals surface area contributed by atoms with Crippen LogP contribution in [0, 0.1) is 0 Å². The van der Waals surface area contributed by atoms with Crippen molar-refractivity contribution in [3.63, 3.8) is 0 Å². The number of ether oxygens (including phenoxy) is 2. The second kappa shape index (κ2) is 6.19. The number of amides is 2. The number of hydrogen-bond donors (Lipinski definition) is 2. The van der Waals surface area contributed by atoms with Gasteiger partial charge in [0.15, 0.2) is 0 Å². The summed E-state index contributed by atoms with van der Waals surface area (Å²) in [6.07, 6.45) is 3.00. The molecular weight excluding hydrogens is 212 g/mol. The van der Waals surface area contributed by atoms with Crippen molar-refractivity contribution >= 4 is 12.2 Å². The molecule has 2 amide bonds. The first-order valence-electron chi connectivity index (χ1n) is 5.50. The summed E-state index contributed by atoms with van der Waals surface area (Å²) in [4.78, 5) is 21.2. The first-order valence-corrected chi connectivity index (χ1v) is 5.50. The molecule has 4 N–H and O–H groups in total. The summed E-state index contributed by atoms with van der Waals surface area (Å²) < 4.78 is 9.90. The number of carbonyl (C=O) groups excluding carboxylic acids is 2. The summed E-state index contributed by atoms with van der Waals surface area (Å²) in [5, 5.41) is 0. The topological polar surface area (TPSA) is 105 Å². The van der Waals surface area contributed by atoms with Gasteiger partial charge in [-0.05, 0) is 38.5 Å². The van der Waals surface area contributed by atoms with Crippen LogP contribution < -0.4 is 11.5 Å². The van der Waals surface area contributed by atoms with Crippen molar-refractivity contribution in [1.29, 1.82) is 0 Å². The predicted molar refractivity (Wildman–Crippen MR) is 56.6 cm³/mol. The minimum absolute atomic E-state index is 0.105. The summed E-state index contributed by atoms with van der Waals surface area (Å²) in [6, 6.07) is 0. The zero-order valence-electron chi connectivity index (χ0n) is 9.19. The lowest BCUT2D eigenvalue weighted by atomic mass is 9.96. The van der Waals surface area contributed by atoms with Crippen molar-refractivity contribution in [3.05, 3.63) is 0 Å². The van der Waals surface area contributed by atoms with E-state index >= 15 is 0 Å². The molecule has 1 rings (SSSR count). The number of carbonyl (C=O) groups is 2. The first kappa shape index (κ1) is 12.6. The van der Waals surface area contributed by atoms with Crippen molar-refractivity contribution in [2.24, 2.45) is 11.5 Å². The third-order valence-corrected chi connectivity index (χ3v) is 2.67. The average Bonchev–Trinajstić information content (AvgIpc) is 2.11. The van der Waals surface area contributed by atoms with Gasteiger partial charge in [-0.15, -0.1) is 0 Å². The van der Waals surface area contributed by atoms with E-state index in [4.69, 9.17) is 20.9 Å². The van der Waals surface area contributed by atoms with Gasteiger partial charge in [-0.1, -0.05) is 0 Å². The molecule has 0 atom stereocenters. The molecule has 0 aromatic rings. The molecule has 0 bridgehead atoms. The van der Waals surface area contributed by atoms with E-state index < -0.39 is 12.2 Å². The van der Waals surface area contributed by atoms with Gasteiger partial charge in [0, 0.05) is 0 Å². The molecule has 6 nitrogen and oxygen atoms in total. The Kier molecular flexibility index (Phi) is 4.88. The lowest BCUT2D eigenvalue weighted by Gasteiger charge is -2.23. The highest BCUT2D eigenvalue weighted by Gasteiger charge is 2.20. The standard InChI is InChI=1S/C10H18N2O4/c11-9(13)15-7-3-1-4-8(6-2-5-7)16-10(12)14/h7-8H,1-6H2,(H2,11,13)(H2,12,14). The van der Waals surface area contributed by atoms with Crippen LogP contribution in [0.1, 0.15) is 38.5 Å². The Labute approximate surface area is 94.2 Å². The van der Waals surface area contributed by atoms with Crippen LogP contribution in [0.3, 0.4) is 0 Å². The maximum absolute atomic E-state index is 10.6. The zero-order valence-corrected chi connectivity index (χ0v) is 9.19. The second-order valence-corrected chi connectivity index (χ2v) is 3.98. The minimum atomic E-state index is -0.726. The van der Waals surface area contributed by atoms with Gasteiger partial charge in [-0.3, -0.25) is 0 Å². The molecule has 1 fully saturated rings. The highest BCUT2D eigenvalue weighted by molar-refractivity contribution is 5.65. The van der Waals surface area contributed by atoms with Crippen LogP contribution in [-0.4, -0.2) is 24.4 Å². The van der Waals surface area contributed by atoms with E-state index in [1.807, 2.05) is 0 Å². The van der Waals surface area contributed by atoms with E-state index in [9.17, 15) is 9.59 Å². The van der Waals surface area contributed by atoms with Crippen LogP contribution in [0.4, 0.5) is 9.59 Å². The summed E-state index contributed by atoms with van der Waals surface area (Å²) in [7, 11) is 0. The van der Waals surface area contributed by atoms with Gasteiger partial charge in [0.1, 0.15) is 12.2 Å². The molecule has 0 aromatic heterocycles. The average molecular weight is 230 g/mol. The Bertz CT molecular complexity index is 223. The summed E-state index contributed by atoms with van der Waals surface area (Å²) in [6.45, 7) is 0. The van der Waals surface area contributed by atoms with Crippen LogP contribution in [0.2, 0.25) is 0 Å². The maximum Gasteiger partial charge on any atom is 0.404 e. The van der Waals surface area contributed by atoms with Crippen LogP contribution in [0.25, 0.3) is 0 Å². The highest BCUT2D eigenvalue weighted by Crippen LogP contribution is 2.21. The molecular formula is C10H18N2O4. The maximum atomic E-state index is 10.6. The quantitative estimate of drug-likeness (QED) is 0.745. The minimum Gasteiger partial charge on any atom is -0.446 e. The first-order chi connectivity index (χ1) is 7.58. The molecule has 1 aliphatic carbocycles. The lowest BCUT2D eigenvalue weighted by Crippen LogP contribution is -2.27. The van der Waals surface area contributed by atoms with E-state index in [0.29, 0.717) is 0 Å². The van der Waals surface area contributed by atoms with E-state index in [1.54, 1.807) is 0 Å². The smallest absolute Gasteiger partial charge is 0.404 e. The fraction of sp³-hybridized carbons (Fsp3) is 0.800. The number of rotatable bonds is 2. The molecule has 0 heterocycles. The molecule has 0 aliphatic heterocycles. The molecule has 0 saturated heterocycles. The zero-order chi connectivity index (χ0) is 12.0. The molecule has 1 aliphatic rings. The van der Waals surface area contributed by atoms with E-state index in [0.717, 1.165) is 38.5 Å². The molecule has 0 unspecified atom stereocenters. The second-order valence-electron chi connectivity index (χ2n) is 3.98. The van der Waals surface area contributed by atoms with Gasteiger partial charge in [0.25, 0.3) is 0 Å². The van der Waals surface area contributed by atoms with E-state index in [2.05, 4.69) is 0 Å². The van der Waals surface area contributed by atoms with E-state index in [-0.39, 0.29) is 12.2 Å². The normalized spacial score (nSPS) is 26.2. The molecule has 92 valence electrons. The third kappa shape index (κ3) is 4.86. The van der Waals surface area contributed by atoms with Crippen molar-refractivity contribution in [3.8, 4) is 0 Å². The summed E-state index contributed by atoms with van der Waals surface area (Å²) in [5.41, 5.74) is 9.92. The van der Waals surface area contributed by atoms with Crippen molar-refractivity contribution in [1.82, 2.24) is 0 Å². The third-order valence-electron chi connectivity index (χ3n) is 2.67. The summed E-state index contributed by atoms with van der Waals surface area (Å²) in [5.74, 6) is 0. The van der Waals surface area contributed by atoms with Gasteiger partial charge in [-0.25, -0.2) is 9.59 Å². The predicted octanol–water partition coefficient (Wildman–Crippen LogP) is 1.27. The van der Waals surface area contributed by atoms with Gasteiger partial charge < -0.3 is 20.9 Å². The highest BCUT2D eigenvalue weighted by atomic mass is 16.6. The lowest BCUT2D eigenvalue weighted by molar-refractivity contribution is 0.0598. The summed E-state index contributed by atoms with van der Waals surface area (Å²) >= 11 is 0. The Morgan fingerprint density at radius 2 is 1.12 bits per heavy atom. The van der Waals surface area contributed by atoms with Crippen molar-refractivity contribution in [2.45, 2.75) is 50.7 Å². The van der Waals surface area contributed by atoms with Crippen molar-refractivity contribution < 1.29 is 19.1 Å². The van der Waals surface area contributed by atoms with Crippen LogP contribution >= 0.6 is 0 Å². The number of primary amides is 2. The molecule has 0 spiro atoms. The fourth-order valence-corrected chi connectivity index (χ4v) is 2.00. The van der Waals surface area contributed by atoms with Gasteiger partial charge in [0.2, 0.25) is 0 Å². The Morgan fingerprint density at radius 3 is 1.38 bits per heavy atom. The van der Waals surface area contributed by atoms with Gasteiger partial charge >= 0.3 is 12.2 Å². The number of hydrogen-bond acceptors (Lipinski definition) is 4. The fourth-order valence-electron chi connectivity index (χ4n) is 2.00. The van der Waals surface area contributed by atoms with E-state index in [1.165, 1.54) is 0 Å². The van der Waals surface area contributed by atoms with Crippen LogP contribution in [-0.2, 0) is 9.47 Å². The van der Waals surface area contributed by atoms with Crippen LogP contribution in [0.5, 0.6) is 0 Å². The Balaban J connectivity index is 2.31. The molecule has 1 saturated carbocycles. The number of nitrogens with two attached hydrogens (primary N) is 2. The van der Waals surface area contributed by atoms with Gasteiger partial charge in [0.05, 0.1) is 0 Å².